The molecule has 0 fully saturated rings. The molecule has 1 unspecified atom stereocenters. The summed E-state index contributed by atoms with van der Waals surface area (Å²) in [4.78, 5) is 9.76. The summed E-state index contributed by atoms with van der Waals surface area (Å²) >= 11 is 1.56. The van der Waals surface area contributed by atoms with Gasteiger partial charge >= 0.3 is 0 Å². The van der Waals surface area contributed by atoms with E-state index in [0.717, 1.165) is 27.6 Å². The van der Waals surface area contributed by atoms with Gasteiger partial charge in [0, 0.05) is 23.3 Å². The third-order valence-electron chi connectivity index (χ3n) is 2.72. The molecule has 4 heteroatoms. The molecule has 0 aliphatic heterocycles. The first-order valence-corrected chi connectivity index (χ1v) is 6.83. The van der Waals surface area contributed by atoms with Crippen molar-refractivity contribution in [2.45, 2.75) is 36.4 Å². The summed E-state index contributed by atoms with van der Waals surface area (Å²) in [5.74, 6) is 0. The zero-order valence-electron chi connectivity index (χ0n) is 10.6. The van der Waals surface area contributed by atoms with E-state index >= 15 is 0 Å². The minimum atomic E-state index is 0.0687. The number of aromatic nitrogens is 2. The highest BCUT2D eigenvalue weighted by Crippen LogP contribution is 2.31. The molecule has 0 saturated heterocycles. The van der Waals surface area contributed by atoms with Gasteiger partial charge in [0.05, 0.1) is 0 Å². The Balaban J connectivity index is 2.26. The van der Waals surface area contributed by atoms with E-state index in [4.69, 9.17) is 5.73 Å². The van der Waals surface area contributed by atoms with Crippen LogP contribution in [0, 0.1) is 6.92 Å². The zero-order chi connectivity index (χ0) is 13.0. The van der Waals surface area contributed by atoms with Gasteiger partial charge in [-0.05, 0) is 42.3 Å². The maximum absolute atomic E-state index is 6.12. The molecule has 0 amide bonds. The van der Waals surface area contributed by atoms with E-state index in [1.54, 1.807) is 11.8 Å². The fraction of sp³-hybridized carbons (Fsp3) is 0.286. The molecule has 1 aromatic heterocycles. The van der Waals surface area contributed by atoms with Gasteiger partial charge in [-0.1, -0.05) is 25.1 Å². The third-order valence-corrected chi connectivity index (χ3v) is 3.70. The number of nitrogens with zero attached hydrogens (tertiary/aromatic N) is 2. The summed E-state index contributed by atoms with van der Waals surface area (Å²) in [7, 11) is 0. The van der Waals surface area contributed by atoms with Crippen LogP contribution in [0.1, 0.15) is 30.5 Å². The monoisotopic (exact) mass is 259 g/mol. The molecule has 0 bridgehead atoms. The maximum Gasteiger partial charge on any atom is 0.192 e. The lowest BCUT2D eigenvalue weighted by molar-refractivity contribution is 0.685. The van der Waals surface area contributed by atoms with Crippen molar-refractivity contribution < 1.29 is 0 Å². The van der Waals surface area contributed by atoms with E-state index in [9.17, 15) is 0 Å². The van der Waals surface area contributed by atoms with Gasteiger partial charge in [0.1, 0.15) is 0 Å². The molecule has 94 valence electrons. The molecule has 2 N–H and O–H groups in total. The van der Waals surface area contributed by atoms with E-state index in [0.29, 0.717) is 0 Å². The maximum atomic E-state index is 6.12. The van der Waals surface area contributed by atoms with Gasteiger partial charge in [0.15, 0.2) is 5.16 Å². The molecule has 18 heavy (non-hydrogen) atoms. The highest BCUT2D eigenvalue weighted by atomic mass is 32.2. The molecular formula is C14H17N3S. The van der Waals surface area contributed by atoms with Crippen LogP contribution in [0.15, 0.2) is 46.7 Å². The predicted molar refractivity (Wildman–Crippen MR) is 74.6 cm³/mol. The predicted octanol–water partition coefficient (Wildman–Crippen LogP) is 3.35. The smallest absolute Gasteiger partial charge is 0.192 e. The molecule has 0 spiro atoms. The van der Waals surface area contributed by atoms with Gasteiger partial charge in [0.25, 0.3) is 0 Å². The van der Waals surface area contributed by atoms with Crippen molar-refractivity contribution in [1.82, 2.24) is 9.97 Å². The van der Waals surface area contributed by atoms with E-state index in [-0.39, 0.29) is 6.04 Å². The number of nitrogens with two attached hydrogens (primary N) is 1. The number of benzene rings is 1. The summed E-state index contributed by atoms with van der Waals surface area (Å²) in [5, 5.41) is 0.761. The van der Waals surface area contributed by atoms with Gasteiger partial charge in [-0.25, -0.2) is 9.97 Å². The Labute approximate surface area is 112 Å². The van der Waals surface area contributed by atoms with E-state index in [1.165, 1.54) is 0 Å². The SMILES string of the molecule is CCC(N)c1ccccc1Sc1ncc(C)cn1. The Bertz CT molecular complexity index is 511. The second kappa shape index (κ2) is 5.98. The summed E-state index contributed by atoms with van der Waals surface area (Å²) in [6.45, 7) is 4.07. The average molecular weight is 259 g/mol. The van der Waals surface area contributed by atoms with Crippen molar-refractivity contribution >= 4 is 11.8 Å². The van der Waals surface area contributed by atoms with Crippen molar-refractivity contribution in [2.24, 2.45) is 5.73 Å². The van der Waals surface area contributed by atoms with Crippen LogP contribution in [0.4, 0.5) is 0 Å². The van der Waals surface area contributed by atoms with Crippen molar-refractivity contribution in [3.8, 4) is 0 Å². The highest BCUT2D eigenvalue weighted by molar-refractivity contribution is 7.99. The van der Waals surface area contributed by atoms with Crippen molar-refractivity contribution in [1.29, 1.82) is 0 Å². The van der Waals surface area contributed by atoms with Crippen molar-refractivity contribution in [3.63, 3.8) is 0 Å². The Kier molecular flexibility index (Phi) is 4.33. The van der Waals surface area contributed by atoms with Crippen LogP contribution < -0.4 is 5.73 Å². The summed E-state index contributed by atoms with van der Waals surface area (Å²) < 4.78 is 0. The van der Waals surface area contributed by atoms with E-state index in [1.807, 2.05) is 31.5 Å². The highest BCUT2D eigenvalue weighted by Gasteiger charge is 2.10. The lowest BCUT2D eigenvalue weighted by atomic mass is 10.1. The molecule has 1 aromatic carbocycles. The largest absolute Gasteiger partial charge is 0.324 e. The van der Waals surface area contributed by atoms with Crippen LogP contribution in [-0.2, 0) is 0 Å². The van der Waals surface area contributed by atoms with Gasteiger partial charge in [-0.2, -0.15) is 0 Å². The van der Waals surface area contributed by atoms with Crippen LogP contribution in [0.3, 0.4) is 0 Å². The normalized spacial score (nSPS) is 12.4. The first kappa shape index (κ1) is 13.1. The first-order chi connectivity index (χ1) is 8.70. The van der Waals surface area contributed by atoms with Gasteiger partial charge in [-0.3, -0.25) is 0 Å². The number of hydrogen-bond acceptors (Lipinski definition) is 4. The Morgan fingerprint density at radius 3 is 2.56 bits per heavy atom. The zero-order valence-corrected chi connectivity index (χ0v) is 11.4. The van der Waals surface area contributed by atoms with Crippen molar-refractivity contribution in [2.75, 3.05) is 0 Å². The van der Waals surface area contributed by atoms with E-state index < -0.39 is 0 Å². The average Bonchev–Trinajstić information content (AvgIpc) is 2.41. The molecule has 1 atom stereocenters. The number of rotatable bonds is 4. The molecular weight excluding hydrogens is 242 g/mol. The number of hydrogen-bond donors (Lipinski definition) is 1. The van der Waals surface area contributed by atoms with Gasteiger partial charge in [0.2, 0.25) is 0 Å². The molecule has 3 nitrogen and oxygen atoms in total. The Hall–Kier alpha value is -1.39. The third kappa shape index (κ3) is 3.09. The Morgan fingerprint density at radius 2 is 1.89 bits per heavy atom. The van der Waals surface area contributed by atoms with Crippen LogP contribution in [0.5, 0.6) is 0 Å². The molecule has 1 heterocycles. The summed E-state index contributed by atoms with van der Waals surface area (Å²) in [6, 6.07) is 8.25. The first-order valence-electron chi connectivity index (χ1n) is 6.01. The minimum Gasteiger partial charge on any atom is -0.324 e. The molecule has 2 rings (SSSR count). The lowest BCUT2D eigenvalue weighted by Gasteiger charge is -2.13. The van der Waals surface area contributed by atoms with Crippen LogP contribution >= 0.6 is 11.8 Å². The fourth-order valence-corrected chi connectivity index (χ4v) is 2.52. The second-order valence-corrected chi connectivity index (χ2v) is 5.21. The molecule has 0 radical (unpaired) electrons. The minimum absolute atomic E-state index is 0.0687. The second-order valence-electron chi connectivity index (χ2n) is 4.20. The van der Waals surface area contributed by atoms with Crippen LogP contribution in [0.25, 0.3) is 0 Å². The van der Waals surface area contributed by atoms with Gasteiger partial charge < -0.3 is 5.73 Å². The van der Waals surface area contributed by atoms with Crippen molar-refractivity contribution in [3.05, 3.63) is 47.8 Å². The molecule has 0 aliphatic rings. The molecule has 0 aliphatic carbocycles. The fourth-order valence-electron chi connectivity index (χ4n) is 1.63. The molecule has 2 aromatic rings. The summed E-state index contributed by atoms with van der Waals surface area (Å²) in [6.07, 6.45) is 4.59. The summed E-state index contributed by atoms with van der Waals surface area (Å²) in [5.41, 5.74) is 8.35. The van der Waals surface area contributed by atoms with Gasteiger partial charge in [-0.15, -0.1) is 0 Å². The Morgan fingerprint density at radius 1 is 1.22 bits per heavy atom. The van der Waals surface area contributed by atoms with Crippen LogP contribution in [-0.4, -0.2) is 9.97 Å². The van der Waals surface area contributed by atoms with E-state index in [2.05, 4.69) is 29.0 Å². The van der Waals surface area contributed by atoms with Crippen LogP contribution in [0.2, 0.25) is 0 Å². The number of aryl methyl sites for hydroxylation is 1. The quantitative estimate of drug-likeness (QED) is 0.856. The topological polar surface area (TPSA) is 51.8 Å². The molecule has 0 saturated carbocycles. The lowest BCUT2D eigenvalue weighted by Crippen LogP contribution is -2.09. The standard InChI is InChI=1S/C14H17N3S/c1-3-12(15)11-6-4-5-7-13(11)18-14-16-8-10(2)9-17-14/h4-9,12H,3,15H2,1-2H3.